The summed E-state index contributed by atoms with van der Waals surface area (Å²) >= 11 is 0. The molecular formula is C26H40F3NO3. The minimum Gasteiger partial charge on any atom is -0.389 e. The van der Waals surface area contributed by atoms with Gasteiger partial charge < -0.3 is 10.1 Å². The van der Waals surface area contributed by atoms with Crippen LogP contribution in [0, 0.1) is 0 Å². The van der Waals surface area contributed by atoms with Crippen LogP contribution in [0.4, 0.5) is 18.9 Å². The van der Waals surface area contributed by atoms with Gasteiger partial charge in [-0.25, -0.2) is 4.79 Å². The average molecular weight is 472 g/mol. The van der Waals surface area contributed by atoms with Gasteiger partial charge in [0.15, 0.2) is 0 Å². The van der Waals surface area contributed by atoms with Crippen LogP contribution in [0.2, 0.25) is 0 Å². The highest BCUT2D eigenvalue weighted by Crippen LogP contribution is 2.23. The second kappa shape index (κ2) is 17.4. The molecule has 1 rings (SSSR count). The first-order valence-corrected chi connectivity index (χ1v) is 12.5. The third-order valence-corrected chi connectivity index (χ3v) is 5.58. The predicted octanol–water partition coefficient (Wildman–Crippen LogP) is 8.22. The molecule has 0 aliphatic heterocycles. The van der Waals surface area contributed by atoms with Crippen LogP contribution >= 0.6 is 0 Å². The van der Waals surface area contributed by atoms with Crippen molar-refractivity contribution in [3.63, 3.8) is 0 Å². The number of alkyl halides is 3. The highest BCUT2D eigenvalue weighted by molar-refractivity contribution is 5.96. The maximum Gasteiger partial charge on any atom is 0.389 e. The number of ether oxygens (including phenoxy) is 1. The number of nitrogens with one attached hydrogen (secondary N) is 1. The predicted molar refractivity (Wildman–Crippen MR) is 126 cm³/mol. The zero-order valence-corrected chi connectivity index (χ0v) is 20.0. The molecule has 0 aromatic heterocycles. The number of unbranched alkanes of at least 4 members (excludes halogenated alkanes) is 12. The second-order valence-electron chi connectivity index (χ2n) is 8.58. The molecule has 0 fully saturated rings. The number of esters is 2. The van der Waals surface area contributed by atoms with Gasteiger partial charge in [0, 0.05) is 25.1 Å². The molecular weight excluding hydrogens is 431 g/mol. The van der Waals surface area contributed by atoms with Crippen molar-refractivity contribution in [2.45, 2.75) is 109 Å². The number of carbonyl (C=O) groups excluding carboxylic acids is 2. The van der Waals surface area contributed by atoms with Gasteiger partial charge in [-0.2, -0.15) is 13.2 Å². The zero-order valence-electron chi connectivity index (χ0n) is 20.0. The topological polar surface area (TPSA) is 55.4 Å². The van der Waals surface area contributed by atoms with Crippen LogP contribution in [0.1, 0.15) is 114 Å². The van der Waals surface area contributed by atoms with Gasteiger partial charge >= 0.3 is 18.1 Å². The molecule has 0 saturated heterocycles. The van der Waals surface area contributed by atoms with Gasteiger partial charge in [0.2, 0.25) is 0 Å². The summed E-state index contributed by atoms with van der Waals surface area (Å²) in [7, 11) is 0. The lowest BCUT2D eigenvalue weighted by Crippen LogP contribution is -2.11. The Labute approximate surface area is 196 Å². The third-order valence-electron chi connectivity index (χ3n) is 5.58. The van der Waals surface area contributed by atoms with E-state index in [4.69, 9.17) is 4.74 Å². The molecule has 1 N–H and O–H groups in total. The summed E-state index contributed by atoms with van der Waals surface area (Å²) in [6.45, 7) is 2.52. The van der Waals surface area contributed by atoms with Gasteiger partial charge in [-0.3, -0.25) is 4.79 Å². The molecule has 0 amide bonds. The molecule has 4 nitrogen and oxygen atoms in total. The van der Waals surface area contributed by atoms with Crippen molar-refractivity contribution in [1.29, 1.82) is 0 Å². The first-order chi connectivity index (χ1) is 15.8. The molecule has 33 heavy (non-hydrogen) atoms. The quantitative estimate of drug-likeness (QED) is 0.133. The Morgan fingerprint density at radius 1 is 0.758 bits per heavy atom. The van der Waals surface area contributed by atoms with E-state index >= 15 is 0 Å². The zero-order chi connectivity index (χ0) is 24.4. The van der Waals surface area contributed by atoms with E-state index in [0.717, 1.165) is 37.9 Å². The van der Waals surface area contributed by atoms with Crippen molar-refractivity contribution >= 4 is 17.6 Å². The molecule has 188 valence electrons. The molecule has 0 radical (unpaired) electrons. The Bertz CT molecular complexity index is 660. The fourth-order valence-electron chi connectivity index (χ4n) is 3.59. The highest BCUT2D eigenvalue weighted by atomic mass is 19.4. The summed E-state index contributed by atoms with van der Waals surface area (Å²) in [4.78, 5) is 22.9. The smallest absolute Gasteiger partial charge is 0.389 e. The molecule has 7 heteroatoms. The van der Waals surface area contributed by atoms with Crippen LogP contribution in [0.25, 0.3) is 0 Å². The molecule has 0 atom stereocenters. The van der Waals surface area contributed by atoms with E-state index in [2.05, 4.69) is 5.32 Å². The summed E-state index contributed by atoms with van der Waals surface area (Å²) < 4.78 is 40.8. The van der Waals surface area contributed by atoms with Crippen LogP contribution in [-0.4, -0.2) is 24.7 Å². The number of hydrogen-bond donors (Lipinski definition) is 1. The van der Waals surface area contributed by atoms with Gasteiger partial charge in [0.05, 0.1) is 5.56 Å². The van der Waals surface area contributed by atoms with Gasteiger partial charge in [-0.1, -0.05) is 77.6 Å². The van der Waals surface area contributed by atoms with Gasteiger partial charge in [-0.15, -0.1) is 0 Å². The monoisotopic (exact) mass is 471 g/mol. The lowest BCUT2D eigenvalue weighted by molar-refractivity contribution is -0.138. The summed E-state index contributed by atoms with van der Waals surface area (Å²) in [5.41, 5.74) is 1.30. The van der Waals surface area contributed by atoms with Crippen molar-refractivity contribution in [2.24, 2.45) is 0 Å². The Kier molecular flexibility index (Phi) is 15.3. The van der Waals surface area contributed by atoms with Crippen molar-refractivity contribution in [3.05, 3.63) is 29.8 Å². The van der Waals surface area contributed by atoms with Crippen molar-refractivity contribution < 1.29 is 27.5 Å². The Balaban J connectivity index is 1.90. The van der Waals surface area contributed by atoms with Crippen LogP contribution in [-0.2, 0) is 9.53 Å². The van der Waals surface area contributed by atoms with Crippen LogP contribution in [0.15, 0.2) is 24.3 Å². The third kappa shape index (κ3) is 16.2. The molecule has 0 aliphatic rings. The lowest BCUT2D eigenvalue weighted by atomic mass is 10.0. The van der Waals surface area contributed by atoms with E-state index in [9.17, 15) is 22.8 Å². The molecule has 0 saturated carbocycles. The van der Waals surface area contributed by atoms with Crippen molar-refractivity contribution in [3.8, 4) is 0 Å². The normalized spacial score (nSPS) is 11.4. The maximum absolute atomic E-state index is 12.0. The molecule has 1 aromatic carbocycles. The minimum atomic E-state index is -4.00. The summed E-state index contributed by atoms with van der Waals surface area (Å²) in [6, 6.07) is 6.94. The Hall–Kier alpha value is -2.05. The summed E-state index contributed by atoms with van der Waals surface area (Å²) in [5, 5.41) is 3.34. The maximum atomic E-state index is 12.0. The van der Waals surface area contributed by atoms with Crippen molar-refractivity contribution in [2.75, 3.05) is 11.9 Å². The number of anilines is 1. The standard InChI is InChI=1S/C26H40F3NO3/c1-2-24(31)33-25(32)22-16-18-23(19-17-22)30-21-15-13-11-9-7-5-3-4-6-8-10-12-14-20-26(27,28)29/h16-19,30H,2-15,20-21H2,1H3. The van der Waals surface area contributed by atoms with Crippen molar-refractivity contribution in [1.82, 2.24) is 0 Å². The van der Waals surface area contributed by atoms with E-state index in [0.29, 0.717) is 12.0 Å². The number of benzene rings is 1. The van der Waals surface area contributed by atoms with Gasteiger partial charge in [0.1, 0.15) is 0 Å². The second-order valence-corrected chi connectivity index (χ2v) is 8.58. The highest BCUT2D eigenvalue weighted by Gasteiger charge is 2.25. The molecule has 0 heterocycles. The summed E-state index contributed by atoms with van der Waals surface area (Å²) in [5.74, 6) is -1.15. The number of hydrogen-bond acceptors (Lipinski definition) is 4. The van der Waals surface area contributed by atoms with E-state index in [-0.39, 0.29) is 12.8 Å². The van der Waals surface area contributed by atoms with E-state index < -0.39 is 24.5 Å². The molecule has 0 unspecified atom stereocenters. The molecule has 1 aromatic rings. The van der Waals surface area contributed by atoms with Gasteiger partial charge in [0.25, 0.3) is 0 Å². The Morgan fingerprint density at radius 2 is 1.21 bits per heavy atom. The number of halogens is 3. The minimum absolute atomic E-state index is 0.171. The molecule has 0 spiro atoms. The number of rotatable bonds is 18. The van der Waals surface area contributed by atoms with E-state index in [1.54, 1.807) is 19.1 Å². The van der Waals surface area contributed by atoms with Gasteiger partial charge in [-0.05, 0) is 37.1 Å². The fraction of sp³-hybridized carbons (Fsp3) is 0.692. The summed E-state index contributed by atoms with van der Waals surface area (Å²) in [6.07, 6.45) is 9.21. The van der Waals surface area contributed by atoms with Crippen LogP contribution in [0.5, 0.6) is 0 Å². The van der Waals surface area contributed by atoms with E-state index in [1.165, 1.54) is 44.9 Å². The molecule has 0 aliphatic carbocycles. The molecule has 0 bridgehead atoms. The van der Waals surface area contributed by atoms with E-state index in [1.807, 2.05) is 12.1 Å². The van der Waals surface area contributed by atoms with Crippen LogP contribution in [0.3, 0.4) is 0 Å². The SMILES string of the molecule is CCC(=O)OC(=O)c1ccc(NCCCCCCCCCCCCCCCC(F)(F)F)cc1. The number of carbonyl (C=O) groups is 2. The fourth-order valence-corrected chi connectivity index (χ4v) is 3.59. The first kappa shape index (κ1) is 29.0. The lowest BCUT2D eigenvalue weighted by Gasteiger charge is -2.07. The first-order valence-electron chi connectivity index (χ1n) is 12.5. The Morgan fingerprint density at radius 3 is 1.67 bits per heavy atom. The largest absolute Gasteiger partial charge is 0.389 e. The van der Waals surface area contributed by atoms with Crippen LogP contribution < -0.4 is 5.32 Å². The average Bonchev–Trinajstić information content (AvgIpc) is 2.78.